The number of rotatable bonds is 56. The maximum atomic E-state index is 12.9. The van der Waals surface area contributed by atoms with E-state index in [4.69, 9.17) is 14.2 Å². The number of carbonyl (C=O) groups excluding carboxylic acids is 3. The minimum absolute atomic E-state index is 0.115. The fraction of sp³-hybridized carbons (Fsp3) is 0.648. The Morgan fingerprint density at radius 3 is 0.857 bits per heavy atom. The van der Waals surface area contributed by atoms with Crippen molar-refractivity contribution in [2.45, 2.75) is 284 Å². The SMILES string of the molecule is CC/C=C\C/C=C\C/C=C\C/C=C\C/C=C\C/C=C\CCC(=O)OC(COC(=O)CCCCCCCCC/C=C\CCCCCCCC)COC(=O)CCCCCCCCCCCC/C=C\C/C=C\C/C=C\C/C=C\CC. The van der Waals surface area contributed by atoms with Crippen LogP contribution in [0.3, 0.4) is 0 Å². The van der Waals surface area contributed by atoms with E-state index in [9.17, 15) is 14.4 Å². The van der Waals surface area contributed by atoms with E-state index in [-0.39, 0.29) is 31.6 Å². The van der Waals surface area contributed by atoms with Gasteiger partial charge in [-0.2, -0.15) is 0 Å². The van der Waals surface area contributed by atoms with E-state index in [2.05, 4.69) is 148 Å². The van der Waals surface area contributed by atoms with Crippen LogP contribution in [-0.2, 0) is 28.6 Å². The van der Waals surface area contributed by atoms with E-state index in [1.807, 2.05) is 6.08 Å². The fourth-order valence-corrected chi connectivity index (χ4v) is 8.45. The van der Waals surface area contributed by atoms with Crippen LogP contribution < -0.4 is 0 Å². The van der Waals surface area contributed by atoms with Gasteiger partial charge in [0.2, 0.25) is 0 Å². The zero-order chi connectivity index (χ0) is 55.7. The van der Waals surface area contributed by atoms with Gasteiger partial charge >= 0.3 is 17.9 Å². The Balaban J connectivity index is 4.49. The fourth-order valence-electron chi connectivity index (χ4n) is 8.45. The first-order valence-corrected chi connectivity index (χ1v) is 31.7. The third-order valence-corrected chi connectivity index (χ3v) is 13.1. The standard InChI is InChI=1S/C71H116O6/c1-4-7-10-13-16-19-22-25-28-31-33-34-35-36-38-40-43-46-49-52-55-58-61-64-70(73)76-67-68(66-75-69(72)63-60-57-54-51-48-45-42-39-30-27-24-21-18-15-12-9-6-3)77-71(74)65-62-59-56-53-50-47-44-41-37-32-29-26-23-20-17-14-11-8-5-2/h7-8,10-11,16-17,19-20,25-30,33-34,37,41,47,50,56,59,68H,4-6,9,12-15,18,21-24,31-32,35-36,38-40,42-46,48-49,51-55,57-58,60-67H2,1-3H3/b10-7-,11-8-,19-16-,20-17-,28-25-,29-26-,30-27-,34-33-,41-37-,50-47-,59-56-. The summed E-state index contributed by atoms with van der Waals surface area (Å²) in [5.74, 6) is -1.01. The van der Waals surface area contributed by atoms with Gasteiger partial charge in [0.25, 0.3) is 0 Å². The molecule has 0 saturated heterocycles. The van der Waals surface area contributed by atoms with Crippen LogP contribution in [0.5, 0.6) is 0 Å². The summed E-state index contributed by atoms with van der Waals surface area (Å²) in [6.07, 6.45) is 90.3. The van der Waals surface area contributed by atoms with Crippen LogP contribution in [0.25, 0.3) is 0 Å². The Morgan fingerprint density at radius 2 is 0.532 bits per heavy atom. The number of allylic oxidation sites excluding steroid dienone is 22. The van der Waals surface area contributed by atoms with Crippen molar-refractivity contribution in [3.8, 4) is 0 Å². The molecule has 0 aliphatic heterocycles. The molecule has 0 fully saturated rings. The van der Waals surface area contributed by atoms with Gasteiger partial charge in [-0.3, -0.25) is 14.4 Å². The highest BCUT2D eigenvalue weighted by molar-refractivity contribution is 5.71. The third-order valence-electron chi connectivity index (χ3n) is 13.1. The molecule has 0 bridgehead atoms. The lowest BCUT2D eigenvalue weighted by Gasteiger charge is -2.18. The molecule has 6 nitrogen and oxygen atoms in total. The quantitative estimate of drug-likeness (QED) is 0.0261. The van der Waals surface area contributed by atoms with Crippen molar-refractivity contribution in [3.05, 3.63) is 134 Å². The number of esters is 3. The van der Waals surface area contributed by atoms with Crippen LogP contribution in [0.1, 0.15) is 278 Å². The Kier molecular flexibility index (Phi) is 60.4. The first-order valence-electron chi connectivity index (χ1n) is 31.7. The summed E-state index contributed by atoms with van der Waals surface area (Å²) >= 11 is 0. The molecule has 436 valence electrons. The van der Waals surface area contributed by atoms with E-state index in [1.54, 1.807) is 0 Å². The highest BCUT2D eigenvalue weighted by atomic mass is 16.6. The van der Waals surface area contributed by atoms with Crippen molar-refractivity contribution in [3.63, 3.8) is 0 Å². The second-order valence-electron chi connectivity index (χ2n) is 20.5. The molecule has 77 heavy (non-hydrogen) atoms. The molecule has 0 spiro atoms. The third kappa shape index (κ3) is 62.3. The van der Waals surface area contributed by atoms with Crippen LogP contribution >= 0.6 is 0 Å². The van der Waals surface area contributed by atoms with Gasteiger partial charge in [0.05, 0.1) is 0 Å². The summed E-state index contributed by atoms with van der Waals surface area (Å²) in [5, 5.41) is 0. The normalized spacial score (nSPS) is 13.0. The summed E-state index contributed by atoms with van der Waals surface area (Å²) < 4.78 is 16.9. The van der Waals surface area contributed by atoms with E-state index < -0.39 is 12.1 Å². The minimum atomic E-state index is -0.828. The predicted octanol–water partition coefficient (Wildman–Crippen LogP) is 21.8. The molecule has 1 unspecified atom stereocenters. The molecular weight excluding hydrogens is 949 g/mol. The van der Waals surface area contributed by atoms with Gasteiger partial charge in [-0.05, 0) is 122 Å². The average Bonchev–Trinajstić information content (AvgIpc) is 3.43. The topological polar surface area (TPSA) is 78.9 Å². The second kappa shape index (κ2) is 64.1. The molecule has 0 aromatic heterocycles. The van der Waals surface area contributed by atoms with Crippen molar-refractivity contribution < 1.29 is 28.6 Å². The van der Waals surface area contributed by atoms with Gasteiger partial charge < -0.3 is 14.2 Å². The summed E-state index contributed by atoms with van der Waals surface area (Å²) in [4.78, 5) is 38.3. The maximum absolute atomic E-state index is 12.9. The maximum Gasteiger partial charge on any atom is 0.306 e. The molecular formula is C71H116O6. The average molecular weight is 1070 g/mol. The summed E-state index contributed by atoms with van der Waals surface area (Å²) in [6.45, 7) is 6.35. The van der Waals surface area contributed by atoms with Crippen molar-refractivity contribution in [2.75, 3.05) is 13.2 Å². The molecule has 0 aromatic rings. The largest absolute Gasteiger partial charge is 0.462 e. The molecule has 0 N–H and O–H groups in total. The van der Waals surface area contributed by atoms with Crippen LogP contribution in [0.15, 0.2) is 134 Å². The zero-order valence-corrected chi connectivity index (χ0v) is 49.9. The Morgan fingerprint density at radius 1 is 0.273 bits per heavy atom. The Bertz CT molecular complexity index is 1650. The van der Waals surface area contributed by atoms with Crippen molar-refractivity contribution in [1.82, 2.24) is 0 Å². The smallest absolute Gasteiger partial charge is 0.306 e. The number of carbonyl (C=O) groups is 3. The molecule has 0 amide bonds. The number of hydrogen-bond acceptors (Lipinski definition) is 6. The highest BCUT2D eigenvalue weighted by Crippen LogP contribution is 2.15. The minimum Gasteiger partial charge on any atom is -0.462 e. The Labute approximate surface area is 475 Å². The number of hydrogen-bond donors (Lipinski definition) is 0. The van der Waals surface area contributed by atoms with Gasteiger partial charge in [-0.1, -0.05) is 270 Å². The summed E-state index contributed by atoms with van der Waals surface area (Å²) in [7, 11) is 0. The molecule has 6 heteroatoms. The molecule has 0 radical (unpaired) electrons. The van der Waals surface area contributed by atoms with E-state index >= 15 is 0 Å². The molecule has 0 heterocycles. The van der Waals surface area contributed by atoms with Crippen molar-refractivity contribution >= 4 is 17.9 Å². The zero-order valence-electron chi connectivity index (χ0n) is 49.9. The lowest BCUT2D eigenvalue weighted by atomic mass is 10.1. The lowest BCUT2D eigenvalue weighted by Crippen LogP contribution is -2.30. The molecule has 0 aliphatic rings. The number of ether oxygens (including phenoxy) is 3. The summed E-state index contributed by atoms with van der Waals surface area (Å²) in [5.41, 5.74) is 0. The van der Waals surface area contributed by atoms with Gasteiger partial charge in [0.1, 0.15) is 13.2 Å². The van der Waals surface area contributed by atoms with Crippen LogP contribution in [0.2, 0.25) is 0 Å². The van der Waals surface area contributed by atoms with Crippen LogP contribution in [-0.4, -0.2) is 37.2 Å². The van der Waals surface area contributed by atoms with Gasteiger partial charge in [0, 0.05) is 19.3 Å². The predicted molar refractivity (Wildman–Crippen MR) is 334 cm³/mol. The number of unbranched alkanes of at least 4 members (excludes halogenated alkanes) is 23. The molecule has 1 atom stereocenters. The second-order valence-corrected chi connectivity index (χ2v) is 20.5. The van der Waals surface area contributed by atoms with E-state index in [1.165, 1.54) is 128 Å². The first-order chi connectivity index (χ1) is 38.0. The first kappa shape index (κ1) is 72.5. The lowest BCUT2D eigenvalue weighted by molar-refractivity contribution is -0.166. The molecule has 0 saturated carbocycles. The summed E-state index contributed by atoms with van der Waals surface area (Å²) in [6, 6.07) is 0. The molecule has 0 aromatic carbocycles. The van der Waals surface area contributed by atoms with E-state index in [0.29, 0.717) is 19.3 Å². The van der Waals surface area contributed by atoms with Crippen LogP contribution in [0.4, 0.5) is 0 Å². The van der Waals surface area contributed by atoms with Crippen molar-refractivity contribution in [2.24, 2.45) is 0 Å². The van der Waals surface area contributed by atoms with E-state index in [0.717, 1.165) is 103 Å². The Hall–Kier alpha value is -4.45. The van der Waals surface area contributed by atoms with Crippen LogP contribution in [0, 0.1) is 0 Å². The van der Waals surface area contributed by atoms with Gasteiger partial charge in [-0.25, -0.2) is 0 Å². The molecule has 0 aliphatic carbocycles. The monoisotopic (exact) mass is 1060 g/mol. The highest BCUT2D eigenvalue weighted by Gasteiger charge is 2.19. The van der Waals surface area contributed by atoms with Gasteiger partial charge in [-0.15, -0.1) is 0 Å². The van der Waals surface area contributed by atoms with Gasteiger partial charge in [0.15, 0.2) is 6.10 Å². The van der Waals surface area contributed by atoms with Crippen molar-refractivity contribution in [1.29, 1.82) is 0 Å². The molecule has 0 rings (SSSR count).